The van der Waals surface area contributed by atoms with E-state index in [1.807, 2.05) is 29.2 Å². The first-order valence-electron chi connectivity index (χ1n) is 6.48. The number of rotatable bonds is 1. The smallest absolute Gasteiger partial charge is 0.291 e. The van der Waals surface area contributed by atoms with Crippen molar-refractivity contribution < 1.29 is 9.66 Å². The summed E-state index contributed by atoms with van der Waals surface area (Å²) in [6, 6.07) is 8.91. The zero-order chi connectivity index (χ0) is 14.4. The second-order valence-electron chi connectivity index (χ2n) is 4.73. The Morgan fingerprint density at radius 2 is 2.14 bits per heavy atom. The van der Waals surface area contributed by atoms with Gasteiger partial charge in [0.25, 0.3) is 5.69 Å². The average Bonchev–Trinajstić information content (AvgIpc) is 2.92. The molecule has 2 aromatic rings. The number of aliphatic imine (C=N–C) groups is 1. The van der Waals surface area contributed by atoms with E-state index in [0.717, 1.165) is 11.4 Å². The number of pyridine rings is 1. The lowest BCUT2D eigenvalue weighted by Gasteiger charge is -2.17. The van der Waals surface area contributed by atoms with Crippen LogP contribution in [0, 0.1) is 10.1 Å². The topological polar surface area (TPSA) is 80.9 Å². The molecule has 0 amide bonds. The highest BCUT2D eigenvalue weighted by Crippen LogP contribution is 2.40. The largest absolute Gasteiger partial charge is 0.452 e. The van der Waals surface area contributed by atoms with Crippen LogP contribution in [0.25, 0.3) is 0 Å². The van der Waals surface area contributed by atoms with Gasteiger partial charge in [-0.1, -0.05) is 12.1 Å². The van der Waals surface area contributed by atoms with Crippen molar-refractivity contribution in [3.8, 4) is 11.5 Å². The Bertz CT molecular complexity index is 788. The van der Waals surface area contributed by atoms with E-state index in [2.05, 4.69) is 9.98 Å². The third-order valence-electron chi connectivity index (χ3n) is 3.47. The van der Waals surface area contributed by atoms with Crippen LogP contribution in [0.4, 0.5) is 11.5 Å². The molecule has 7 heteroatoms. The van der Waals surface area contributed by atoms with Gasteiger partial charge in [-0.25, -0.2) is 4.98 Å². The lowest BCUT2D eigenvalue weighted by molar-refractivity contribution is -0.385. The number of hydrogen-bond donors (Lipinski definition) is 0. The van der Waals surface area contributed by atoms with Crippen LogP contribution in [0.1, 0.15) is 5.56 Å². The number of nitrogens with zero attached hydrogens (tertiary/aromatic N) is 4. The molecule has 0 saturated heterocycles. The molecule has 0 unspecified atom stereocenters. The van der Waals surface area contributed by atoms with Crippen LogP contribution in [0.2, 0.25) is 0 Å². The minimum atomic E-state index is -0.480. The zero-order valence-corrected chi connectivity index (χ0v) is 10.9. The van der Waals surface area contributed by atoms with E-state index in [4.69, 9.17) is 4.74 Å². The van der Waals surface area contributed by atoms with E-state index in [0.29, 0.717) is 30.4 Å². The number of anilines is 1. The van der Waals surface area contributed by atoms with E-state index < -0.39 is 4.92 Å². The number of ether oxygens (including phenoxy) is 1. The first-order valence-corrected chi connectivity index (χ1v) is 6.48. The summed E-state index contributed by atoms with van der Waals surface area (Å²) in [6.45, 7) is 1.35. The molecule has 0 saturated carbocycles. The number of fused-ring (bicyclic) bond motifs is 5. The fourth-order valence-corrected chi connectivity index (χ4v) is 2.55. The first kappa shape index (κ1) is 11.8. The maximum Gasteiger partial charge on any atom is 0.291 e. The molecule has 104 valence electrons. The van der Waals surface area contributed by atoms with Gasteiger partial charge in [0.15, 0.2) is 11.6 Å². The average molecular weight is 282 g/mol. The summed E-state index contributed by atoms with van der Waals surface area (Å²) in [5.74, 6) is 2.37. The molecule has 0 spiro atoms. The van der Waals surface area contributed by atoms with E-state index in [1.54, 1.807) is 0 Å². The highest BCUT2D eigenvalue weighted by molar-refractivity contribution is 6.13. The third-order valence-corrected chi connectivity index (χ3v) is 3.47. The number of aromatic nitrogens is 1. The van der Waals surface area contributed by atoms with Gasteiger partial charge in [0.05, 0.1) is 23.1 Å². The summed E-state index contributed by atoms with van der Waals surface area (Å²) in [5.41, 5.74) is 0.779. The molecule has 0 fully saturated rings. The van der Waals surface area contributed by atoms with Crippen molar-refractivity contribution in [2.45, 2.75) is 0 Å². The molecule has 2 aliphatic heterocycles. The fraction of sp³-hybridized carbons (Fsp3) is 0.143. The lowest BCUT2D eigenvalue weighted by Crippen LogP contribution is -2.28. The summed E-state index contributed by atoms with van der Waals surface area (Å²) >= 11 is 0. The van der Waals surface area contributed by atoms with Crippen molar-refractivity contribution in [2.24, 2.45) is 4.99 Å². The van der Waals surface area contributed by atoms with Gasteiger partial charge in [-0.3, -0.25) is 15.1 Å². The number of benzene rings is 1. The van der Waals surface area contributed by atoms with Gasteiger partial charge in [-0.2, -0.15) is 0 Å². The number of amidine groups is 1. The Kier molecular flexibility index (Phi) is 2.41. The van der Waals surface area contributed by atoms with Crippen molar-refractivity contribution in [3.05, 3.63) is 52.2 Å². The van der Waals surface area contributed by atoms with Crippen molar-refractivity contribution in [1.29, 1.82) is 0 Å². The maximum atomic E-state index is 10.9. The second kappa shape index (κ2) is 4.27. The van der Waals surface area contributed by atoms with Crippen LogP contribution < -0.4 is 9.64 Å². The van der Waals surface area contributed by atoms with Crippen LogP contribution in [0.15, 0.2) is 41.5 Å². The Morgan fingerprint density at radius 1 is 1.29 bits per heavy atom. The van der Waals surface area contributed by atoms with Gasteiger partial charge in [0.2, 0.25) is 0 Å². The van der Waals surface area contributed by atoms with Gasteiger partial charge in [-0.05, 0) is 12.1 Å². The molecule has 1 aromatic carbocycles. The number of para-hydroxylation sites is 1. The lowest BCUT2D eigenvalue weighted by atomic mass is 10.2. The van der Waals surface area contributed by atoms with E-state index >= 15 is 0 Å². The minimum Gasteiger partial charge on any atom is -0.452 e. The molecular formula is C14H10N4O3. The Balaban J connectivity index is 1.94. The summed E-state index contributed by atoms with van der Waals surface area (Å²) in [5, 5.41) is 10.9. The van der Waals surface area contributed by atoms with Crippen LogP contribution in [-0.2, 0) is 0 Å². The predicted octanol–water partition coefficient (Wildman–Crippen LogP) is 2.36. The predicted molar refractivity (Wildman–Crippen MR) is 76.2 cm³/mol. The van der Waals surface area contributed by atoms with Crippen LogP contribution >= 0.6 is 0 Å². The Hall–Kier alpha value is -2.96. The molecule has 0 atom stereocenters. The SMILES string of the molecule is O=[N+]([O-])c1cnc2c(c1)Oc1ccccc1C1=NCCN12. The van der Waals surface area contributed by atoms with E-state index in [9.17, 15) is 10.1 Å². The zero-order valence-electron chi connectivity index (χ0n) is 10.9. The number of nitro groups is 1. The molecule has 4 rings (SSSR count). The molecule has 0 N–H and O–H groups in total. The van der Waals surface area contributed by atoms with Gasteiger partial charge < -0.3 is 9.64 Å². The van der Waals surface area contributed by atoms with Crippen LogP contribution in [0.3, 0.4) is 0 Å². The Morgan fingerprint density at radius 3 is 3.00 bits per heavy atom. The van der Waals surface area contributed by atoms with Gasteiger partial charge in [-0.15, -0.1) is 0 Å². The molecule has 0 radical (unpaired) electrons. The maximum absolute atomic E-state index is 10.9. The van der Waals surface area contributed by atoms with Crippen LogP contribution in [0.5, 0.6) is 11.5 Å². The van der Waals surface area contributed by atoms with Crippen molar-refractivity contribution in [2.75, 3.05) is 18.0 Å². The molecule has 0 aliphatic carbocycles. The highest BCUT2D eigenvalue weighted by atomic mass is 16.6. The summed E-state index contributed by atoms with van der Waals surface area (Å²) in [4.78, 5) is 21.1. The molecule has 1 aromatic heterocycles. The summed E-state index contributed by atoms with van der Waals surface area (Å²) in [7, 11) is 0. The van der Waals surface area contributed by atoms with Gasteiger partial charge in [0, 0.05) is 6.54 Å². The van der Waals surface area contributed by atoms with Crippen LogP contribution in [-0.4, -0.2) is 28.8 Å². The molecule has 3 heterocycles. The van der Waals surface area contributed by atoms with Crippen molar-refractivity contribution in [3.63, 3.8) is 0 Å². The van der Waals surface area contributed by atoms with Crippen molar-refractivity contribution >= 4 is 17.3 Å². The quantitative estimate of drug-likeness (QED) is 0.592. The van der Waals surface area contributed by atoms with E-state index in [-0.39, 0.29) is 5.69 Å². The second-order valence-corrected chi connectivity index (χ2v) is 4.73. The van der Waals surface area contributed by atoms with Gasteiger partial charge >= 0.3 is 0 Å². The molecule has 7 nitrogen and oxygen atoms in total. The summed E-state index contributed by atoms with van der Waals surface area (Å²) < 4.78 is 5.84. The van der Waals surface area contributed by atoms with E-state index in [1.165, 1.54) is 12.3 Å². The molecule has 2 aliphatic rings. The first-order chi connectivity index (χ1) is 10.2. The highest BCUT2D eigenvalue weighted by Gasteiger charge is 2.31. The standard InChI is InChI=1S/C14H10N4O3/c19-18(20)9-7-12-14(16-8-9)17-6-5-15-13(17)10-3-1-2-4-11(10)21-12/h1-4,7-8H,5-6H2. The van der Waals surface area contributed by atoms with Gasteiger partial charge in [0.1, 0.15) is 17.8 Å². The molecular weight excluding hydrogens is 272 g/mol. The number of hydrogen-bond acceptors (Lipinski definition) is 6. The monoisotopic (exact) mass is 282 g/mol. The fourth-order valence-electron chi connectivity index (χ4n) is 2.55. The third kappa shape index (κ3) is 1.74. The Labute approximate surface area is 119 Å². The minimum absolute atomic E-state index is 0.0918. The normalized spacial score (nSPS) is 15.2. The van der Waals surface area contributed by atoms with Crippen molar-refractivity contribution in [1.82, 2.24) is 4.98 Å². The summed E-state index contributed by atoms with van der Waals surface area (Å²) in [6.07, 6.45) is 1.24. The molecule has 21 heavy (non-hydrogen) atoms. The molecule has 0 bridgehead atoms.